The molecule has 1 fully saturated rings. The maximum Gasteiger partial charge on any atom is -0.00463 e. The molecule has 0 amide bonds. The first kappa shape index (κ1) is 10.0. The van der Waals surface area contributed by atoms with E-state index in [-0.39, 0.29) is 0 Å². The van der Waals surface area contributed by atoms with Crippen LogP contribution in [-0.4, -0.2) is 26.7 Å². The molecule has 0 unspecified atom stereocenters. The lowest BCUT2D eigenvalue weighted by Crippen LogP contribution is -2.18. The largest absolute Gasteiger partial charge is 0.320 e. The minimum absolute atomic E-state index is 1.08. The van der Waals surface area contributed by atoms with Crippen molar-refractivity contribution in [2.75, 3.05) is 26.7 Å². The molecule has 1 rings (SSSR count). The van der Waals surface area contributed by atoms with Crippen molar-refractivity contribution in [3.8, 4) is 0 Å². The Kier molecular flexibility index (Phi) is 5.37. The standard InChI is InChI=1S/C10H22N2/c1-11-7-2-3-8-12-9-6-10-4-5-10/h10-12H,2-9H2,1H3. The van der Waals surface area contributed by atoms with E-state index in [0.717, 1.165) is 12.5 Å². The molecule has 2 heteroatoms. The first-order valence-corrected chi connectivity index (χ1v) is 5.29. The Hall–Kier alpha value is -0.0800. The zero-order valence-electron chi connectivity index (χ0n) is 8.23. The molecular weight excluding hydrogens is 148 g/mol. The maximum atomic E-state index is 3.49. The molecule has 12 heavy (non-hydrogen) atoms. The molecule has 0 atom stereocenters. The highest BCUT2D eigenvalue weighted by molar-refractivity contribution is 4.73. The maximum absolute atomic E-state index is 3.49. The van der Waals surface area contributed by atoms with Gasteiger partial charge < -0.3 is 10.6 Å². The van der Waals surface area contributed by atoms with E-state index in [1.54, 1.807) is 0 Å². The first-order valence-electron chi connectivity index (χ1n) is 5.29. The molecule has 0 bridgehead atoms. The van der Waals surface area contributed by atoms with Gasteiger partial charge in [-0.2, -0.15) is 0 Å². The molecule has 0 aromatic heterocycles. The van der Waals surface area contributed by atoms with E-state index in [4.69, 9.17) is 0 Å². The summed E-state index contributed by atoms with van der Waals surface area (Å²) in [6.07, 6.45) is 6.99. The number of rotatable bonds is 8. The summed E-state index contributed by atoms with van der Waals surface area (Å²) in [5.41, 5.74) is 0. The lowest BCUT2D eigenvalue weighted by molar-refractivity contribution is 0.574. The monoisotopic (exact) mass is 170 g/mol. The summed E-state index contributed by atoms with van der Waals surface area (Å²) < 4.78 is 0. The number of hydrogen-bond acceptors (Lipinski definition) is 2. The van der Waals surface area contributed by atoms with Crippen LogP contribution in [0.4, 0.5) is 0 Å². The van der Waals surface area contributed by atoms with Crippen LogP contribution < -0.4 is 10.6 Å². The molecule has 0 aliphatic heterocycles. The molecule has 1 saturated carbocycles. The van der Waals surface area contributed by atoms with Gasteiger partial charge in [-0.05, 0) is 51.9 Å². The fraction of sp³-hybridized carbons (Fsp3) is 1.00. The van der Waals surface area contributed by atoms with E-state index in [0.29, 0.717) is 0 Å². The second kappa shape index (κ2) is 6.44. The van der Waals surface area contributed by atoms with Crippen molar-refractivity contribution in [1.82, 2.24) is 10.6 Å². The van der Waals surface area contributed by atoms with E-state index in [1.165, 1.54) is 45.2 Å². The van der Waals surface area contributed by atoms with Crippen LogP contribution in [0.2, 0.25) is 0 Å². The van der Waals surface area contributed by atoms with Gasteiger partial charge in [0.1, 0.15) is 0 Å². The van der Waals surface area contributed by atoms with Crippen LogP contribution in [0, 0.1) is 5.92 Å². The Bertz CT molecular complexity index is 100. The molecule has 0 radical (unpaired) electrons. The average Bonchev–Trinajstić information content (AvgIpc) is 2.87. The van der Waals surface area contributed by atoms with E-state index >= 15 is 0 Å². The van der Waals surface area contributed by atoms with Crippen LogP contribution in [0.3, 0.4) is 0 Å². The predicted molar refractivity (Wildman–Crippen MR) is 53.4 cm³/mol. The van der Waals surface area contributed by atoms with E-state index < -0.39 is 0 Å². The van der Waals surface area contributed by atoms with E-state index in [2.05, 4.69) is 10.6 Å². The summed E-state index contributed by atoms with van der Waals surface area (Å²) in [6, 6.07) is 0. The molecule has 2 nitrogen and oxygen atoms in total. The summed E-state index contributed by atoms with van der Waals surface area (Å²) in [6.45, 7) is 3.60. The van der Waals surface area contributed by atoms with Gasteiger partial charge in [0.2, 0.25) is 0 Å². The summed E-state index contributed by atoms with van der Waals surface area (Å²) >= 11 is 0. The minimum Gasteiger partial charge on any atom is -0.320 e. The Balaban J connectivity index is 1.65. The van der Waals surface area contributed by atoms with Crippen molar-refractivity contribution >= 4 is 0 Å². The van der Waals surface area contributed by atoms with Crippen molar-refractivity contribution in [3.63, 3.8) is 0 Å². The Morgan fingerprint density at radius 2 is 1.83 bits per heavy atom. The highest BCUT2D eigenvalue weighted by atomic mass is 14.8. The van der Waals surface area contributed by atoms with Crippen molar-refractivity contribution in [2.24, 2.45) is 5.92 Å². The Labute approximate surface area is 76.1 Å². The van der Waals surface area contributed by atoms with Gasteiger partial charge in [0.05, 0.1) is 0 Å². The van der Waals surface area contributed by atoms with Crippen LogP contribution >= 0.6 is 0 Å². The Morgan fingerprint density at radius 1 is 1.08 bits per heavy atom. The minimum atomic E-state index is 1.08. The first-order chi connectivity index (χ1) is 5.93. The number of unbranched alkanes of at least 4 members (excludes halogenated alkanes) is 1. The highest BCUT2D eigenvalue weighted by Crippen LogP contribution is 2.31. The van der Waals surface area contributed by atoms with Crippen molar-refractivity contribution in [1.29, 1.82) is 0 Å². The summed E-state index contributed by atoms with van der Waals surface area (Å²) in [7, 11) is 2.01. The topological polar surface area (TPSA) is 24.1 Å². The molecule has 1 aliphatic rings. The van der Waals surface area contributed by atoms with Gasteiger partial charge in [0.25, 0.3) is 0 Å². The lowest BCUT2D eigenvalue weighted by atomic mass is 10.2. The summed E-state index contributed by atoms with van der Waals surface area (Å²) in [4.78, 5) is 0. The third-order valence-corrected chi connectivity index (χ3v) is 2.46. The van der Waals surface area contributed by atoms with Gasteiger partial charge in [-0.1, -0.05) is 12.8 Å². The molecule has 0 spiro atoms. The molecule has 0 aromatic rings. The zero-order valence-corrected chi connectivity index (χ0v) is 8.23. The number of hydrogen-bond donors (Lipinski definition) is 2. The predicted octanol–water partition coefficient (Wildman–Crippen LogP) is 1.38. The normalized spacial score (nSPS) is 16.8. The second-order valence-electron chi connectivity index (χ2n) is 3.79. The van der Waals surface area contributed by atoms with Crippen LogP contribution in [0.1, 0.15) is 32.1 Å². The third-order valence-electron chi connectivity index (χ3n) is 2.46. The van der Waals surface area contributed by atoms with Crippen molar-refractivity contribution < 1.29 is 0 Å². The van der Waals surface area contributed by atoms with Gasteiger partial charge in [0, 0.05) is 0 Å². The summed E-state index contributed by atoms with van der Waals surface area (Å²) in [5.74, 6) is 1.08. The van der Waals surface area contributed by atoms with Gasteiger partial charge in [-0.15, -0.1) is 0 Å². The summed E-state index contributed by atoms with van der Waals surface area (Å²) in [5, 5.41) is 6.65. The van der Waals surface area contributed by atoms with E-state index in [9.17, 15) is 0 Å². The van der Waals surface area contributed by atoms with Crippen molar-refractivity contribution in [3.05, 3.63) is 0 Å². The van der Waals surface area contributed by atoms with E-state index in [1.807, 2.05) is 7.05 Å². The molecule has 0 heterocycles. The van der Waals surface area contributed by atoms with Gasteiger partial charge in [-0.3, -0.25) is 0 Å². The number of nitrogens with one attached hydrogen (secondary N) is 2. The zero-order chi connectivity index (χ0) is 8.65. The van der Waals surface area contributed by atoms with Crippen LogP contribution in [-0.2, 0) is 0 Å². The fourth-order valence-corrected chi connectivity index (χ4v) is 1.39. The van der Waals surface area contributed by atoms with Gasteiger partial charge in [-0.25, -0.2) is 0 Å². The molecule has 1 aliphatic carbocycles. The Morgan fingerprint density at radius 3 is 2.50 bits per heavy atom. The molecular formula is C10H22N2. The van der Waals surface area contributed by atoms with Crippen molar-refractivity contribution in [2.45, 2.75) is 32.1 Å². The van der Waals surface area contributed by atoms with Crippen LogP contribution in [0.25, 0.3) is 0 Å². The fourth-order valence-electron chi connectivity index (χ4n) is 1.39. The third kappa shape index (κ3) is 5.56. The van der Waals surface area contributed by atoms with Gasteiger partial charge >= 0.3 is 0 Å². The SMILES string of the molecule is CNCCCCNCCC1CC1. The van der Waals surface area contributed by atoms with Crippen LogP contribution in [0.15, 0.2) is 0 Å². The average molecular weight is 170 g/mol. The van der Waals surface area contributed by atoms with Crippen LogP contribution in [0.5, 0.6) is 0 Å². The van der Waals surface area contributed by atoms with Gasteiger partial charge in [0.15, 0.2) is 0 Å². The molecule has 72 valence electrons. The lowest BCUT2D eigenvalue weighted by Gasteiger charge is -2.03. The highest BCUT2D eigenvalue weighted by Gasteiger charge is 2.19. The molecule has 2 N–H and O–H groups in total. The quantitative estimate of drug-likeness (QED) is 0.538. The second-order valence-corrected chi connectivity index (χ2v) is 3.79. The smallest absolute Gasteiger partial charge is 0.00463 e. The molecule has 0 aromatic carbocycles. The molecule has 0 saturated heterocycles.